The molecule has 2 amide bonds. The van der Waals surface area contributed by atoms with E-state index in [1.54, 1.807) is 74.8 Å². The van der Waals surface area contributed by atoms with E-state index in [0.29, 0.717) is 22.7 Å². The van der Waals surface area contributed by atoms with Gasteiger partial charge >= 0.3 is 0 Å². The van der Waals surface area contributed by atoms with Crippen LogP contribution in [0, 0.1) is 0 Å². The zero-order chi connectivity index (χ0) is 22.7. The molecule has 0 saturated heterocycles. The summed E-state index contributed by atoms with van der Waals surface area (Å²) in [6.07, 6.45) is 4.78. The van der Waals surface area contributed by atoms with Crippen molar-refractivity contribution in [3.63, 3.8) is 0 Å². The number of hydrogen-bond acceptors (Lipinski definition) is 6. The van der Waals surface area contributed by atoms with E-state index < -0.39 is 0 Å². The number of carbonyl (C=O) groups excluding carboxylic acids is 2. The summed E-state index contributed by atoms with van der Waals surface area (Å²) in [4.78, 5) is 32.2. The Morgan fingerprint density at radius 2 is 1.97 bits per heavy atom. The molecule has 1 N–H and O–H groups in total. The summed E-state index contributed by atoms with van der Waals surface area (Å²) in [5.41, 5.74) is 2.53. The van der Waals surface area contributed by atoms with Crippen molar-refractivity contribution in [2.45, 2.75) is 9.92 Å². The predicted molar refractivity (Wildman–Crippen MR) is 125 cm³/mol. The number of hydrogen-bond donors (Lipinski definition) is 1. The monoisotopic (exact) mass is 447 g/mol. The van der Waals surface area contributed by atoms with E-state index in [0.717, 1.165) is 21.2 Å². The Labute approximate surface area is 190 Å². The van der Waals surface area contributed by atoms with E-state index in [1.165, 1.54) is 17.8 Å². The van der Waals surface area contributed by atoms with Gasteiger partial charge < -0.3 is 19.7 Å². The molecule has 2 aromatic carbocycles. The molecular weight excluding hydrogens is 426 g/mol. The molecule has 0 saturated carbocycles. The third-order valence-electron chi connectivity index (χ3n) is 4.96. The first kappa shape index (κ1) is 21.5. The normalized spacial score (nSPS) is 12.7. The van der Waals surface area contributed by atoms with Crippen molar-refractivity contribution in [2.24, 2.45) is 0 Å². The number of amides is 2. The van der Waals surface area contributed by atoms with E-state index >= 15 is 0 Å². The number of nitrogens with one attached hydrogen (secondary N) is 1. The lowest BCUT2D eigenvalue weighted by molar-refractivity contribution is -0.111. The summed E-state index contributed by atoms with van der Waals surface area (Å²) < 4.78 is 10.5. The van der Waals surface area contributed by atoms with Crippen LogP contribution in [0.4, 0.5) is 11.4 Å². The largest absolute Gasteiger partial charge is 0.497 e. The summed E-state index contributed by atoms with van der Waals surface area (Å²) in [6, 6.07) is 14.3. The van der Waals surface area contributed by atoms with Gasteiger partial charge in [-0.2, -0.15) is 0 Å². The van der Waals surface area contributed by atoms with Gasteiger partial charge in [-0.3, -0.25) is 9.59 Å². The first-order chi connectivity index (χ1) is 15.5. The third-order valence-corrected chi connectivity index (χ3v) is 6.04. The highest BCUT2D eigenvalue weighted by Gasteiger charge is 2.25. The maximum absolute atomic E-state index is 13.0. The molecule has 32 heavy (non-hydrogen) atoms. The van der Waals surface area contributed by atoms with Crippen LogP contribution in [0.25, 0.3) is 6.08 Å². The Bertz CT molecular complexity index is 1230. The average molecular weight is 448 g/mol. The Hall–Kier alpha value is -3.78. The number of benzene rings is 2. The van der Waals surface area contributed by atoms with Crippen molar-refractivity contribution in [2.75, 3.05) is 31.5 Å². The highest BCUT2D eigenvalue weighted by atomic mass is 32.2. The standard InChI is InChI=1S/C24H21N3O4S/c1-27-19-5-4-12-25-23(19)32-21-10-8-16(13-18(21)24(27)29)26-22(28)11-7-15-6-9-17(30-2)14-20(15)31-3/h4-14H,1-3H3,(H,26,28). The minimum Gasteiger partial charge on any atom is -0.497 e. The van der Waals surface area contributed by atoms with Crippen LogP contribution in [-0.4, -0.2) is 38.1 Å². The summed E-state index contributed by atoms with van der Waals surface area (Å²) in [7, 11) is 4.85. The highest BCUT2D eigenvalue weighted by Crippen LogP contribution is 2.40. The number of ether oxygens (including phenoxy) is 2. The van der Waals surface area contributed by atoms with Crippen LogP contribution in [0.1, 0.15) is 15.9 Å². The summed E-state index contributed by atoms with van der Waals surface area (Å²) in [5.74, 6) is 0.777. The van der Waals surface area contributed by atoms with Gasteiger partial charge in [-0.05, 0) is 48.5 Å². The third kappa shape index (κ3) is 4.31. The topological polar surface area (TPSA) is 80.8 Å². The van der Waals surface area contributed by atoms with E-state index in [4.69, 9.17) is 9.47 Å². The van der Waals surface area contributed by atoms with Crippen molar-refractivity contribution in [1.82, 2.24) is 4.98 Å². The van der Waals surface area contributed by atoms with Crippen LogP contribution in [0.2, 0.25) is 0 Å². The molecule has 8 heteroatoms. The zero-order valence-corrected chi connectivity index (χ0v) is 18.6. The van der Waals surface area contributed by atoms with Crippen LogP contribution in [0.15, 0.2) is 70.7 Å². The summed E-state index contributed by atoms with van der Waals surface area (Å²) in [6.45, 7) is 0. The van der Waals surface area contributed by atoms with Gasteiger partial charge in [-0.25, -0.2) is 4.98 Å². The number of nitrogens with zero attached hydrogens (tertiary/aromatic N) is 2. The SMILES string of the molecule is COc1ccc(C=CC(=O)Nc2ccc3c(c2)C(=O)N(C)c2cccnc2S3)c(OC)c1. The highest BCUT2D eigenvalue weighted by molar-refractivity contribution is 7.99. The maximum Gasteiger partial charge on any atom is 0.259 e. The Balaban J connectivity index is 1.54. The van der Waals surface area contributed by atoms with Crippen LogP contribution < -0.4 is 19.7 Å². The van der Waals surface area contributed by atoms with E-state index in [1.807, 2.05) is 12.1 Å². The quantitative estimate of drug-likeness (QED) is 0.581. The fraction of sp³-hybridized carbons (Fsp3) is 0.125. The summed E-state index contributed by atoms with van der Waals surface area (Å²) in [5, 5.41) is 3.57. The molecule has 0 radical (unpaired) electrons. The van der Waals surface area contributed by atoms with Gasteiger partial charge in [-0.1, -0.05) is 11.8 Å². The molecule has 0 fully saturated rings. The smallest absolute Gasteiger partial charge is 0.259 e. The van der Waals surface area contributed by atoms with E-state index in [2.05, 4.69) is 10.3 Å². The van der Waals surface area contributed by atoms with Crippen molar-refractivity contribution < 1.29 is 19.1 Å². The fourth-order valence-corrected chi connectivity index (χ4v) is 4.30. The second-order valence-electron chi connectivity index (χ2n) is 6.94. The first-order valence-electron chi connectivity index (χ1n) is 9.76. The van der Waals surface area contributed by atoms with E-state index in [9.17, 15) is 9.59 Å². The van der Waals surface area contributed by atoms with Crippen molar-refractivity contribution in [3.05, 3.63) is 71.9 Å². The number of rotatable bonds is 5. The zero-order valence-electron chi connectivity index (χ0n) is 17.8. The Kier molecular flexibility index (Phi) is 6.13. The Morgan fingerprint density at radius 3 is 2.75 bits per heavy atom. The number of carbonyl (C=O) groups is 2. The molecule has 0 spiro atoms. The van der Waals surface area contributed by atoms with Gasteiger partial charge in [0.05, 0.1) is 25.5 Å². The van der Waals surface area contributed by atoms with E-state index in [-0.39, 0.29) is 11.8 Å². The Morgan fingerprint density at radius 1 is 1.12 bits per heavy atom. The second kappa shape index (κ2) is 9.15. The van der Waals surface area contributed by atoms with Gasteiger partial charge in [0.15, 0.2) is 0 Å². The lowest BCUT2D eigenvalue weighted by Crippen LogP contribution is -2.26. The van der Waals surface area contributed by atoms with Crippen LogP contribution in [0.5, 0.6) is 11.5 Å². The number of methoxy groups -OCH3 is 2. The van der Waals surface area contributed by atoms with Gasteiger partial charge in [0.1, 0.15) is 16.5 Å². The lowest BCUT2D eigenvalue weighted by Gasteiger charge is -2.16. The molecule has 162 valence electrons. The predicted octanol–water partition coefficient (Wildman–Crippen LogP) is 4.49. The minimum absolute atomic E-state index is 0.158. The molecule has 0 bridgehead atoms. The number of anilines is 2. The molecule has 7 nitrogen and oxygen atoms in total. The van der Waals surface area contributed by atoms with Crippen LogP contribution in [-0.2, 0) is 4.79 Å². The van der Waals surface area contributed by atoms with Crippen molar-refractivity contribution in [1.29, 1.82) is 0 Å². The number of aromatic nitrogens is 1. The summed E-state index contributed by atoms with van der Waals surface area (Å²) >= 11 is 1.43. The molecule has 4 rings (SSSR count). The molecular formula is C24H21N3O4S. The molecule has 1 aliphatic heterocycles. The number of fused-ring (bicyclic) bond motifs is 2. The van der Waals surface area contributed by atoms with Gasteiger partial charge in [0, 0.05) is 41.5 Å². The maximum atomic E-state index is 13.0. The van der Waals surface area contributed by atoms with Crippen molar-refractivity contribution in [3.8, 4) is 11.5 Å². The van der Waals surface area contributed by atoms with Crippen molar-refractivity contribution >= 4 is 41.0 Å². The molecule has 0 aliphatic carbocycles. The minimum atomic E-state index is -0.324. The van der Waals surface area contributed by atoms with Crippen LogP contribution >= 0.6 is 11.8 Å². The molecule has 3 aromatic rings. The van der Waals surface area contributed by atoms with Gasteiger partial charge in [0.2, 0.25) is 5.91 Å². The second-order valence-corrected chi connectivity index (χ2v) is 7.97. The van der Waals surface area contributed by atoms with Crippen LogP contribution in [0.3, 0.4) is 0 Å². The molecule has 0 unspecified atom stereocenters. The average Bonchev–Trinajstić information content (AvgIpc) is 2.92. The van der Waals surface area contributed by atoms with Gasteiger partial charge in [0.25, 0.3) is 5.91 Å². The molecule has 0 atom stereocenters. The lowest BCUT2D eigenvalue weighted by atomic mass is 10.1. The fourth-order valence-electron chi connectivity index (χ4n) is 3.28. The molecule has 2 heterocycles. The van der Waals surface area contributed by atoms with Gasteiger partial charge in [-0.15, -0.1) is 0 Å². The molecule has 1 aliphatic rings. The first-order valence-corrected chi connectivity index (χ1v) is 10.6. The molecule has 1 aromatic heterocycles. The number of pyridine rings is 1.